The summed E-state index contributed by atoms with van der Waals surface area (Å²) in [5.74, 6) is 0. The third kappa shape index (κ3) is 2.04. The molecule has 1 aromatic rings. The van der Waals surface area contributed by atoms with Gasteiger partial charge in [0.05, 0.1) is 5.54 Å². The van der Waals surface area contributed by atoms with Crippen LogP contribution < -0.4 is 10.2 Å². The van der Waals surface area contributed by atoms with Crippen molar-refractivity contribution in [3.05, 3.63) is 28.8 Å². The van der Waals surface area contributed by atoms with Gasteiger partial charge in [0.1, 0.15) is 4.99 Å². The molecule has 1 aromatic carbocycles. The second-order valence-corrected chi connectivity index (χ2v) is 6.17. The zero-order valence-electron chi connectivity index (χ0n) is 11.4. The molecule has 1 fully saturated rings. The number of hydrogen-bond donors (Lipinski definition) is 1. The summed E-state index contributed by atoms with van der Waals surface area (Å²) in [5.41, 5.74) is 4.66. The number of nitrogens with zero attached hydrogens (tertiary/aromatic N) is 1. The Morgan fingerprint density at radius 2 is 1.56 bits per heavy atom. The molecular weight excluding hydrogens is 260 g/mol. The molecule has 2 rings (SSSR count). The first-order chi connectivity index (χ1) is 8.24. The van der Waals surface area contributed by atoms with E-state index in [-0.39, 0.29) is 5.54 Å². The Morgan fingerprint density at radius 3 is 1.94 bits per heavy atom. The monoisotopic (exact) mass is 278 g/mol. The van der Waals surface area contributed by atoms with Crippen LogP contribution in [0.4, 0.5) is 5.69 Å². The highest BCUT2D eigenvalue weighted by Gasteiger charge is 2.39. The van der Waals surface area contributed by atoms with E-state index >= 15 is 0 Å². The van der Waals surface area contributed by atoms with Crippen molar-refractivity contribution in [3.8, 4) is 0 Å². The molecule has 0 amide bonds. The number of hydrogen-bond acceptors (Lipinski definition) is 2. The minimum Gasteiger partial charge on any atom is -0.351 e. The Hall–Kier alpha value is -1.00. The standard InChI is InChI=1S/C14H18N2S2/c1-8-6-11(7-9(2)10(8)3)16-12(17)14(4,5)15-13(16)18/h6-7H,1-5H3,(H,15,18). The summed E-state index contributed by atoms with van der Waals surface area (Å²) in [6.45, 7) is 10.5. The van der Waals surface area contributed by atoms with Crippen molar-refractivity contribution in [2.24, 2.45) is 0 Å². The maximum absolute atomic E-state index is 5.53. The van der Waals surface area contributed by atoms with Gasteiger partial charge in [0, 0.05) is 5.69 Å². The normalized spacial score (nSPS) is 18.2. The lowest BCUT2D eigenvalue weighted by Gasteiger charge is -2.22. The highest BCUT2D eigenvalue weighted by Crippen LogP contribution is 2.29. The fraction of sp³-hybridized carbons (Fsp3) is 0.429. The first-order valence-corrected chi connectivity index (χ1v) is 6.80. The Morgan fingerprint density at radius 1 is 1.06 bits per heavy atom. The Balaban J connectivity index is 2.50. The number of nitrogens with one attached hydrogen (secondary N) is 1. The van der Waals surface area contributed by atoms with Crippen LogP contribution in [0, 0.1) is 20.8 Å². The average molecular weight is 278 g/mol. The lowest BCUT2D eigenvalue weighted by molar-refractivity contribution is 0.647. The fourth-order valence-corrected chi connectivity index (χ4v) is 2.88. The van der Waals surface area contributed by atoms with E-state index in [1.54, 1.807) is 0 Å². The summed E-state index contributed by atoms with van der Waals surface area (Å²) < 4.78 is 0. The summed E-state index contributed by atoms with van der Waals surface area (Å²) in [6, 6.07) is 4.29. The van der Waals surface area contributed by atoms with Crippen molar-refractivity contribution in [1.29, 1.82) is 0 Å². The van der Waals surface area contributed by atoms with Gasteiger partial charge in [-0.3, -0.25) is 4.90 Å². The van der Waals surface area contributed by atoms with E-state index in [2.05, 4.69) is 52.1 Å². The van der Waals surface area contributed by atoms with E-state index in [9.17, 15) is 0 Å². The highest BCUT2D eigenvalue weighted by molar-refractivity contribution is 7.83. The molecule has 0 unspecified atom stereocenters. The van der Waals surface area contributed by atoms with Crippen LogP contribution >= 0.6 is 24.4 Å². The van der Waals surface area contributed by atoms with E-state index in [4.69, 9.17) is 24.4 Å². The molecule has 4 heteroatoms. The van der Waals surface area contributed by atoms with Crippen molar-refractivity contribution in [1.82, 2.24) is 5.32 Å². The maximum atomic E-state index is 5.53. The van der Waals surface area contributed by atoms with Crippen molar-refractivity contribution < 1.29 is 0 Å². The number of anilines is 1. The third-order valence-corrected chi connectivity index (χ3v) is 4.51. The summed E-state index contributed by atoms with van der Waals surface area (Å²) in [6.07, 6.45) is 0. The van der Waals surface area contributed by atoms with Gasteiger partial charge in [-0.25, -0.2) is 0 Å². The molecule has 1 aliphatic rings. The molecule has 1 N–H and O–H groups in total. The first-order valence-electron chi connectivity index (χ1n) is 5.98. The van der Waals surface area contributed by atoms with Crippen LogP contribution in [0.2, 0.25) is 0 Å². The van der Waals surface area contributed by atoms with Crippen LogP contribution in [0.15, 0.2) is 12.1 Å². The van der Waals surface area contributed by atoms with Crippen LogP contribution in [0.1, 0.15) is 30.5 Å². The number of thiocarbonyl (C=S) groups is 2. The van der Waals surface area contributed by atoms with Gasteiger partial charge in [-0.15, -0.1) is 0 Å². The van der Waals surface area contributed by atoms with E-state index in [1.807, 2.05) is 4.90 Å². The topological polar surface area (TPSA) is 15.3 Å². The summed E-state index contributed by atoms with van der Waals surface area (Å²) in [7, 11) is 0. The fourth-order valence-electron chi connectivity index (χ4n) is 2.12. The molecular formula is C14H18N2S2. The van der Waals surface area contributed by atoms with Crippen LogP contribution in [0.3, 0.4) is 0 Å². The molecule has 0 aromatic heterocycles. The van der Waals surface area contributed by atoms with Gasteiger partial charge in [0.25, 0.3) is 0 Å². The molecule has 1 saturated heterocycles. The van der Waals surface area contributed by atoms with Gasteiger partial charge >= 0.3 is 0 Å². The molecule has 0 bridgehead atoms. The van der Waals surface area contributed by atoms with Crippen LogP contribution in [0.5, 0.6) is 0 Å². The molecule has 1 aliphatic heterocycles. The maximum Gasteiger partial charge on any atom is 0.179 e. The van der Waals surface area contributed by atoms with Gasteiger partial charge < -0.3 is 5.32 Å². The zero-order chi connectivity index (χ0) is 13.7. The van der Waals surface area contributed by atoms with E-state index < -0.39 is 0 Å². The largest absolute Gasteiger partial charge is 0.351 e. The smallest absolute Gasteiger partial charge is 0.179 e. The minimum absolute atomic E-state index is 0.251. The summed E-state index contributed by atoms with van der Waals surface area (Å²) in [4.78, 5) is 2.79. The van der Waals surface area contributed by atoms with E-state index in [0.29, 0.717) is 5.11 Å². The predicted molar refractivity (Wildman–Crippen MR) is 85.5 cm³/mol. The Kier molecular flexibility index (Phi) is 3.19. The molecule has 0 spiro atoms. The highest BCUT2D eigenvalue weighted by atomic mass is 32.1. The molecule has 0 atom stereocenters. The number of benzene rings is 1. The van der Waals surface area contributed by atoms with Gasteiger partial charge in [-0.2, -0.15) is 0 Å². The van der Waals surface area contributed by atoms with E-state index in [1.165, 1.54) is 16.7 Å². The van der Waals surface area contributed by atoms with Gasteiger partial charge in [-0.1, -0.05) is 12.2 Å². The van der Waals surface area contributed by atoms with Crippen molar-refractivity contribution in [2.75, 3.05) is 4.90 Å². The van der Waals surface area contributed by atoms with Crippen LogP contribution in [-0.2, 0) is 0 Å². The number of rotatable bonds is 1. The first kappa shape index (κ1) is 13.4. The molecule has 2 nitrogen and oxygen atoms in total. The Bertz CT molecular complexity index is 524. The molecule has 0 saturated carbocycles. The molecule has 18 heavy (non-hydrogen) atoms. The van der Waals surface area contributed by atoms with Gasteiger partial charge in [-0.05, 0) is 75.7 Å². The average Bonchev–Trinajstić information content (AvgIpc) is 2.44. The molecule has 0 aliphatic carbocycles. The number of aryl methyl sites for hydroxylation is 2. The van der Waals surface area contributed by atoms with Gasteiger partial charge in [0.15, 0.2) is 5.11 Å². The third-order valence-electron chi connectivity index (χ3n) is 3.53. The predicted octanol–water partition coefficient (Wildman–Crippen LogP) is 3.41. The lowest BCUT2D eigenvalue weighted by atomic mass is 10.0. The van der Waals surface area contributed by atoms with Crippen molar-refractivity contribution in [3.63, 3.8) is 0 Å². The summed E-state index contributed by atoms with van der Waals surface area (Å²) >= 11 is 10.9. The molecule has 1 heterocycles. The quantitative estimate of drug-likeness (QED) is 0.792. The van der Waals surface area contributed by atoms with Gasteiger partial charge in [0.2, 0.25) is 0 Å². The molecule has 0 radical (unpaired) electrons. The molecule has 96 valence electrons. The zero-order valence-corrected chi connectivity index (χ0v) is 13.1. The van der Waals surface area contributed by atoms with Crippen molar-refractivity contribution >= 4 is 40.2 Å². The van der Waals surface area contributed by atoms with Crippen LogP contribution in [-0.4, -0.2) is 15.6 Å². The second kappa shape index (κ2) is 4.28. The Labute approximate surface area is 119 Å². The van der Waals surface area contributed by atoms with Crippen LogP contribution in [0.25, 0.3) is 0 Å². The lowest BCUT2D eigenvalue weighted by Crippen LogP contribution is -2.39. The second-order valence-electron chi connectivity index (χ2n) is 5.40. The summed E-state index contributed by atoms with van der Waals surface area (Å²) in [5, 5.41) is 3.95. The SMILES string of the molecule is Cc1cc(N2C(=S)NC(C)(C)C2=S)cc(C)c1C. The minimum atomic E-state index is -0.251. The van der Waals surface area contributed by atoms with E-state index in [0.717, 1.165) is 10.7 Å². The van der Waals surface area contributed by atoms with Crippen molar-refractivity contribution in [2.45, 2.75) is 40.2 Å².